The van der Waals surface area contributed by atoms with Crippen LogP contribution in [-0.2, 0) is 4.79 Å². The number of rotatable bonds is 2. The van der Waals surface area contributed by atoms with Gasteiger partial charge in [0.05, 0.1) is 16.5 Å². The van der Waals surface area contributed by atoms with Crippen molar-refractivity contribution < 1.29 is 14.5 Å². The number of carbonyl (C=O) groups is 2. The van der Waals surface area contributed by atoms with Gasteiger partial charge in [-0.3, -0.25) is 14.9 Å². The first kappa shape index (κ1) is 15.2. The molecule has 0 saturated heterocycles. The lowest BCUT2D eigenvalue weighted by molar-refractivity contribution is -0.385. The Kier molecular flexibility index (Phi) is 3.43. The number of allylic oxidation sites excluding steroid dienone is 1. The van der Waals surface area contributed by atoms with Crippen molar-refractivity contribution in [2.45, 2.75) is 32.7 Å². The number of para-hydroxylation sites is 1. The highest BCUT2D eigenvalue weighted by Gasteiger charge is 2.41. The van der Waals surface area contributed by atoms with Crippen molar-refractivity contribution in [2.24, 2.45) is 5.41 Å². The average molecular weight is 315 g/mol. The first-order chi connectivity index (χ1) is 10.8. The molecule has 2 amide bonds. The summed E-state index contributed by atoms with van der Waals surface area (Å²) in [5, 5.41) is 16.6. The molecule has 1 aliphatic heterocycles. The molecule has 7 heteroatoms. The van der Waals surface area contributed by atoms with Crippen LogP contribution in [0.3, 0.4) is 0 Å². The van der Waals surface area contributed by atoms with Gasteiger partial charge in [-0.1, -0.05) is 26.0 Å². The van der Waals surface area contributed by atoms with Crippen molar-refractivity contribution in [3.8, 4) is 0 Å². The molecular formula is C16H17N3O4. The number of nitrogens with one attached hydrogen (secondary N) is 2. The van der Waals surface area contributed by atoms with E-state index in [2.05, 4.69) is 10.6 Å². The number of amides is 2. The Labute approximate surface area is 132 Å². The van der Waals surface area contributed by atoms with Gasteiger partial charge in [0.15, 0.2) is 5.78 Å². The molecule has 23 heavy (non-hydrogen) atoms. The highest BCUT2D eigenvalue weighted by atomic mass is 16.6. The zero-order valence-electron chi connectivity index (χ0n) is 12.9. The number of ketones is 1. The predicted molar refractivity (Wildman–Crippen MR) is 82.6 cm³/mol. The molecule has 1 aromatic carbocycles. The van der Waals surface area contributed by atoms with Crippen molar-refractivity contribution in [3.63, 3.8) is 0 Å². The zero-order valence-corrected chi connectivity index (χ0v) is 12.9. The van der Waals surface area contributed by atoms with Crippen LogP contribution in [0.15, 0.2) is 35.5 Å². The molecule has 0 saturated carbocycles. The van der Waals surface area contributed by atoms with Crippen LogP contribution in [0.25, 0.3) is 0 Å². The number of nitro groups is 1. The number of nitro benzene ring substituents is 1. The highest BCUT2D eigenvalue weighted by Crippen LogP contribution is 2.42. The van der Waals surface area contributed by atoms with E-state index in [9.17, 15) is 19.7 Å². The van der Waals surface area contributed by atoms with Gasteiger partial charge in [0.2, 0.25) is 0 Å². The first-order valence-electron chi connectivity index (χ1n) is 7.35. The molecule has 2 aliphatic rings. The Morgan fingerprint density at radius 1 is 1.22 bits per heavy atom. The van der Waals surface area contributed by atoms with Crippen LogP contribution in [0, 0.1) is 15.5 Å². The monoisotopic (exact) mass is 315 g/mol. The molecule has 1 unspecified atom stereocenters. The molecule has 0 radical (unpaired) electrons. The molecule has 1 aromatic rings. The van der Waals surface area contributed by atoms with Crippen LogP contribution in [0.1, 0.15) is 38.3 Å². The summed E-state index contributed by atoms with van der Waals surface area (Å²) in [7, 11) is 0. The summed E-state index contributed by atoms with van der Waals surface area (Å²) in [5.41, 5.74) is 0.974. The number of urea groups is 1. The van der Waals surface area contributed by atoms with Crippen LogP contribution >= 0.6 is 0 Å². The van der Waals surface area contributed by atoms with Gasteiger partial charge in [0.25, 0.3) is 5.69 Å². The second-order valence-corrected chi connectivity index (χ2v) is 6.68. The molecule has 120 valence electrons. The minimum Gasteiger partial charge on any atom is -0.326 e. The summed E-state index contributed by atoms with van der Waals surface area (Å²) in [5.74, 6) is -0.0908. The second kappa shape index (κ2) is 5.19. The van der Waals surface area contributed by atoms with E-state index >= 15 is 0 Å². The van der Waals surface area contributed by atoms with Gasteiger partial charge in [-0.25, -0.2) is 4.79 Å². The maximum absolute atomic E-state index is 12.6. The summed E-state index contributed by atoms with van der Waals surface area (Å²) in [6, 6.07) is 4.94. The first-order valence-corrected chi connectivity index (χ1v) is 7.35. The lowest BCUT2D eigenvalue weighted by atomic mass is 9.73. The van der Waals surface area contributed by atoms with Gasteiger partial charge in [-0.05, 0) is 17.9 Å². The van der Waals surface area contributed by atoms with E-state index in [1.165, 1.54) is 6.07 Å². The number of Topliss-reactive ketones (excluding diaryl/α,β-unsaturated/α-hetero) is 1. The Balaban J connectivity index is 2.14. The lowest BCUT2D eigenvalue weighted by Crippen LogP contribution is -2.48. The number of nitrogens with zero attached hydrogens (tertiary/aromatic N) is 1. The van der Waals surface area contributed by atoms with E-state index in [1.807, 2.05) is 13.8 Å². The van der Waals surface area contributed by atoms with E-state index < -0.39 is 17.0 Å². The van der Waals surface area contributed by atoms with Gasteiger partial charge >= 0.3 is 6.03 Å². The minimum absolute atomic E-state index is 0.0908. The van der Waals surface area contributed by atoms with Crippen molar-refractivity contribution in [1.82, 2.24) is 10.6 Å². The molecule has 0 fully saturated rings. The predicted octanol–water partition coefficient (Wildman–Crippen LogP) is 2.59. The number of hydrogen-bond acceptors (Lipinski definition) is 4. The molecule has 7 nitrogen and oxygen atoms in total. The Morgan fingerprint density at radius 2 is 1.91 bits per heavy atom. The highest BCUT2D eigenvalue weighted by molar-refractivity contribution is 6.01. The van der Waals surface area contributed by atoms with Crippen LogP contribution in [0.2, 0.25) is 0 Å². The fourth-order valence-corrected chi connectivity index (χ4v) is 3.29. The quantitative estimate of drug-likeness (QED) is 0.647. The van der Waals surface area contributed by atoms with Gasteiger partial charge in [-0.2, -0.15) is 0 Å². The van der Waals surface area contributed by atoms with Crippen LogP contribution < -0.4 is 10.6 Å². The third kappa shape index (κ3) is 2.69. The van der Waals surface area contributed by atoms with E-state index in [0.717, 1.165) is 0 Å². The maximum atomic E-state index is 12.6. The Bertz CT molecular complexity index is 751. The smallest absolute Gasteiger partial charge is 0.319 e. The van der Waals surface area contributed by atoms with Crippen LogP contribution in [0.4, 0.5) is 10.5 Å². The fraction of sp³-hybridized carbons (Fsp3) is 0.375. The normalized spacial score (nSPS) is 23.0. The molecule has 1 aliphatic carbocycles. The van der Waals surface area contributed by atoms with Crippen molar-refractivity contribution >= 4 is 17.5 Å². The number of benzene rings is 1. The van der Waals surface area contributed by atoms with Crippen molar-refractivity contribution in [2.75, 3.05) is 0 Å². The fourth-order valence-electron chi connectivity index (χ4n) is 3.29. The van der Waals surface area contributed by atoms with E-state index in [-0.39, 0.29) is 16.9 Å². The molecule has 2 N–H and O–H groups in total. The van der Waals surface area contributed by atoms with E-state index in [0.29, 0.717) is 29.7 Å². The summed E-state index contributed by atoms with van der Waals surface area (Å²) in [4.78, 5) is 35.3. The maximum Gasteiger partial charge on any atom is 0.319 e. The van der Waals surface area contributed by atoms with Gasteiger partial charge in [-0.15, -0.1) is 0 Å². The largest absolute Gasteiger partial charge is 0.326 e. The molecule has 0 aromatic heterocycles. The third-order valence-corrected chi connectivity index (χ3v) is 4.19. The molecule has 1 atom stereocenters. The van der Waals surface area contributed by atoms with Gasteiger partial charge in [0.1, 0.15) is 0 Å². The SMILES string of the molecule is CC1(C)CC(=O)C2=C(C1)NC(=O)NC2c1ccccc1[N+](=O)[O-]. The van der Waals surface area contributed by atoms with Crippen LogP contribution in [-0.4, -0.2) is 16.7 Å². The molecular weight excluding hydrogens is 298 g/mol. The molecule has 0 spiro atoms. The Hall–Kier alpha value is -2.70. The Morgan fingerprint density at radius 3 is 2.61 bits per heavy atom. The third-order valence-electron chi connectivity index (χ3n) is 4.19. The molecule has 0 bridgehead atoms. The van der Waals surface area contributed by atoms with Crippen molar-refractivity contribution in [3.05, 3.63) is 51.2 Å². The second-order valence-electron chi connectivity index (χ2n) is 6.68. The zero-order chi connectivity index (χ0) is 16.8. The van der Waals surface area contributed by atoms with E-state index in [1.54, 1.807) is 18.2 Å². The van der Waals surface area contributed by atoms with Gasteiger partial charge < -0.3 is 10.6 Å². The standard InChI is InChI=1S/C16H17N3O4/c1-16(2)7-10-13(12(20)8-16)14(18-15(21)17-10)9-5-3-4-6-11(9)19(22)23/h3-6,14H,7-8H2,1-2H3,(H2,17,18,21). The minimum atomic E-state index is -0.788. The topological polar surface area (TPSA) is 101 Å². The van der Waals surface area contributed by atoms with Crippen molar-refractivity contribution in [1.29, 1.82) is 0 Å². The molecule has 3 rings (SSSR count). The van der Waals surface area contributed by atoms with E-state index in [4.69, 9.17) is 0 Å². The summed E-state index contributed by atoms with van der Waals surface area (Å²) in [6.07, 6.45) is 0.902. The summed E-state index contributed by atoms with van der Waals surface area (Å²) >= 11 is 0. The average Bonchev–Trinajstić information content (AvgIpc) is 2.44. The number of hydrogen-bond donors (Lipinski definition) is 2. The summed E-state index contributed by atoms with van der Waals surface area (Å²) < 4.78 is 0. The van der Waals surface area contributed by atoms with Crippen LogP contribution in [0.5, 0.6) is 0 Å². The summed E-state index contributed by atoms with van der Waals surface area (Å²) in [6.45, 7) is 3.92. The lowest BCUT2D eigenvalue weighted by Gasteiger charge is -2.38. The number of carbonyl (C=O) groups excluding carboxylic acids is 2. The molecule has 1 heterocycles. The van der Waals surface area contributed by atoms with Gasteiger partial charge in [0, 0.05) is 23.8 Å².